The molecule has 0 aromatic heterocycles. The largest absolute Gasteiger partial charge is 0.352 e. The second kappa shape index (κ2) is 6.59. The van der Waals surface area contributed by atoms with Crippen LogP contribution in [0.4, 0.5) is 0 Å². The molecule has 0 radical (unpaired) electrons. The van der Waals surface area contributed by atoms with Crippen molar-refractivity contribution in [2.24, 2.45) is 5.92 Å². The zero-order chi connectivity index (χ0) is 14.6. The molecule has 1 amide bonds. The lowest BCUT2D eigenvalue weighted by atomic mass is 10.0. The Morgan fingerprint density at radius 2 is 2.00 bits per heavy atom. The second-order valence-electron chi connectivity index (χ2n) is 5.17. The van der Waals surface area contributed by atoms with Gasteiger partial charge in [0, 0.05) is 17.1 Å². The zero-order valence-corrected chi connectivity index (χ0v) is 12.7. The smallest absolute Gasteiger partial charge is 0.251 e. The average molecular weight is 316 g/mol. The van der Waals surface area contributed by atoms with Crippen molar-refractivity contribution < 1.29 is 13.2 Å². The Labute approximate surface area is 124 Å². The first-order chi connectivity index (χ1) is 9.46. The number of carbonyl (C=O) groups is 1. The molecule has 2 rings (SSSR count). The third-order valence-electron chi connectivity index (χ3n) is 3.51. The molecule has 1 fully saturated rings. The Kier molecular flexibility index (Phi) is 5.05. The molecular weight excluding hydrogens is 298 g/mol. The van der Waals surface area contributed by atoms with E-state index in [9.17, 15) is 13.2 Å². The molecule has 0 aliphatic carbocycles. The molecule has 110 valence electrons. The number of nitrogens with one attached hydrogen (secondary N) is 1. The number of sulfone groups is 1. The van der Waals surface area contributed by atoms with E-state index in [1.165, 1.54) is 0 Å². The minimum atomic E-state index is -2.80. The van der Waals surface area contributed by atoms with Gasteiger partial charge in [0.15, 0.2) is 9.84 Å². The number of rotatable bonds is 5. The molecule has 20 heavy (non-hydrogen) atoms. The van der Waals surface area contributed by atoms with Crippen LogP contribution in [0.3, 0.4) is 0 Å². The quantitative estimate of drug-likeness (QED) is 0.848. The molecule has 0 bridgehead atoms. The van der Waals surface area contributed by atoms with Crippen molar-refractivity contribution >= 4 is 27.3 Å². The van der Waals surface area contributed by atoms with Crippen LogP contribution in [0.2, 0.25) is 5.02 Å². The summed E-state index contributed by atoms with van der Waals surface area (Å²) in [6.45, 7) is 0.567. The third kappa shape index (κ3) is 4.49. The van der Waals surface area contributed by atoms with Crippen molar-refractivity contribution in [3.63, 3.8) is 0 Å². The summed E-state index contributed by atoms with van der Waals surface area (Å²) in [5, 5.41) is 3.43. The molecule has 1 heterocycles. The second-order valence-corrected chi connectivity index (χ2v) is 7.84. The highest BCUT2D eigenvalue weighted by Crippen LogP contribution is 2.22. The van der Waals surface area contributed by atoms with E-state index in [-0.39, 0.29) is 11.8 Å². The maximum absolute atomic E-state index is 11.8. The van der Waals surface area contributed by atoms with Gasteiger partial charge in [0.05, 0.1) is 11.5 Å². The monoisotopic (exact) mass is 315 g/mol. The fourth-order valence-electron chi connectivity index (χ4n) is 2.40. The molecule has 1 N–H and O–H groups in total. The summed E-state index contributed by atoms with van der Waals surface area (Å²) in [6.07, 6.45) is 2.41. The first-order valence-electron chi connectivity index (χ1n) is 6.70. The summed E-state index contributed by atoms with van der Waals surface area (Å²) >= 11 is 5.76. The lowest BCUT2D eigenvalue weighted by molar-refractivity contribution is 0.0952. The van der Waals surface area contributed by atoms with Crippen molar-refractivity contribution in [2.45, 2.75) is 19.3 Å². The molecule has 0 saturated carbocycles. The van der Waals surface area contributed by atoms with Gasteiger partial charge in [-0.3, -0.25) is 4.79 Å². The molecule has 1 aliphatic heterocycles. The summed E-state index contributed by atoms with van der Waals surface area (Å²) in [4.78, 5) is 11.8. The van der Waals surface area contributed by atoms with Gasteiger partial charge in [-0.2, -0.15) is 0 Å². The zero-order valence-electron chi connectivity index (χ0n) is 11.1. The normalized spacial score (nSPS) is 20.8. The standard InChI is InChI=1S/C14H18ClNO3S/c15-13-5-3-12(4-6-13)14(17)16-8-1-2-11-7-9-20(18,19)10-11/h3-6,11H,1-2,7-10H2,(H,16,17). The molecule has 0 spiro atoms. The molecule has 4 nitrogen and oxygen atoms in total. The Morgan fingerprint density at radius 1 is 1.30 bits per heavy atom. The predicted octanol–water partition coefficient (Wildman–Crippen LogP) is 2.28. The highest BCUT2D eigenvalue weighted by atomic mass is 35.5. The fourth-order valence-corrected chi connectivity index (χ4v) is 4.43. The summed E-state index contributed by atoms with van der Waals surface area (Å²) in [6, 6.07) is 6.72. The van der Waals surface area contributed by atoms with E-state index in [1.54, 1.807) is 24.3 Å². The predicted molar refractivity (Wildman–Crippen MR) is 79.8 cm³/mol. The van der Waals surface area contributed by atoms with Crippen molar-refractivity contribution in [2.75, 3.05) is 18.1 Å². The molecule has 1 aliphatic rings. The van der Waals surface area contributed by atoms with Crippen LogP contribution in [-0.4, -0.2) is 32.4 Å². The van der Waals surface area contributed by atoms with E-state index >= 15 is 0 Å². The van der Waals surface area contributed by atoms with Crippen molar-refractivity contribution in [1.82, 2.24) is 5.32 Å². The van der Waals surface area contributed by atoms with Gasteiger partial charge < -0.3 is 5.32 Å². The minimum Gasteiger partial charge on any atom is -0.352 e. The number of hydrogen-bond donors (Lipinski definition) is 1. The number of carbonyl (C=O) groups excluding carboxylic acids is 1. The van der Waals surface area contributed by atoms with Crippen molar-refractivity contribution in [1.29, 1.82) is 0 Å². The summed E-state index contributed by atoms with van der Waals surface area (Å²) < 4.78 is 22.6. The molecule has 1 atom stereocenters. The molecule has 1 unspecified atom stereocenters. The van der Waals surface area contributed by atoms with Gasteiger partial charge in [0.25, 0.3) is 5.91 Å². The van der Waals surface area contributed by atoms with E-state index in [0.717, 1.165) is 19.3 Å². The lowest BCUT2D eigenvalue weighted by Crippen LogP contribution is -2.24. The fraction of sp³-hybridized carbons (Fsp3) is 0.500. The van der Waals surface area contributed by atoms with E-state index in [0.29, 0.717) is 28.6 Å². The van der Waals surface area contributed by atoms with Crippen LogP contribution in [0.15, 0.2) is 24.3 Å². The SMILES string of the molecule is O=C(NCCCC1CCS(=O)(=O)C1)c1ccc(Cl)cc1. The van der Waals surface area contributed by atoms with Gasteiger partial charge in [-0.05, 0) is 49.4 Å². The van der Waals surface area contributed by atoms with E-state index in [1.807, 2.05) is 0 Å². The highest BCUT2D eigenvalue weighted by Gasteiger charge is 2.27. The number of benzene rings is 1. The van der Waals surface area contributed by atoms with Crippen LogP contribution in [0.1, 0.15) is 29.6 Å². The lowest BCUT2D eigenvalue weighted by Gasteiger charge is -2.08. The first-order valence-corrected chi connectivity index (χ1v) is 8.90. The van der Waals surface area contributed by atoms with E-state index < -0.39 is 9.84 Å². The summed E-state index contributed by atoms with van der Waals surface area (Å²) in [5.74, 6) is 0.751. The topological polar surface area (TPSA) is 63.2 Å². The highest BCUT2D eigenvalue weighted by molar-refractivity contribution is 7.91. The Morgan fingerprint density at radius 3 is 2.60 bits per heavy atom. The Balaban J connectivity index is 1.68. The van der Waals surface area contributed by atoms with Gasteiger partial charge in [-0.1, -0.05) is 11.6 Å². The molecule has 6 heteroatoms. The Hall–Kier alpha value is -1.07. The maximum Gasteiger partial charge on any atom is 0.251 e. The minimum absolute atomic E-state index is 0.124. The molecule has 1 aromatic rings. The van der Waals surface area contributed by atoms with Gasteiger partial charge in [0.1, 0.15) is 0 Å². The molecular formula is C14H18ClNO3S. The van der Waals surface area contributed by atoms with Crippen molar-refractivity contribution in [3.05, 3.63) is 34.9 Å². The average Bonchev–Trinajstić information content (AvgIpc) is 2.75. The van der Waals surface area contributed by atoms with Crippen LogP contribution in [-0.2, 0) is 9.84 Å². The Bertz CT molecular complexity index is 569. The van der Waals surface area contributed by atoms with Crippen LogP contribution >= 0.6 is 11.6 Å². The number of hydrogen-bond acceptors (Lipinski definition) is 3. The number of amides is 1. The van der Waals surface area contributed by atoms with Crippen LogP contribution < -0.4 is 5.32 Å². The van der Waals surface area contributed by atoms with Crippen molar-refractivity contribution in [3.8, 4) is 0 Å². The van der Waals surface area contributed by atoms with E-state index in [2.05, 4.69) is 5.32 Å². The van der Waals surface area contributed by atoms with Gasteiger partial charge in [-0.15, -0.1) is 0 Å². The van der Waals surface area contributed by atoms with Crippen LogP contribution in [0.25, 0.3) is 0 Å². The summed E-state index contributed by atoms with van der Waals surface area (Å²) in [7, 11) is -2.80. The molecule has 1 aromatic carbocycles. The van der Waals surface area contributed by atoms with Gasteiger partial charge in [0.2, 0.25) is 0 Å². The van der Waals surface area contributed by atoms with E-state index in [4.69, 9.17) is 11.6 Å². The molecule has 1 saturated heterocycles. The van der Waals surface area contributed by atoms with Gasteiger partial charge >= 0.3 is 0 Å². The first kappa shape index (κ1) is 15.3. The van der Waals surface area contributed by atoms with Crippen LogP contribution in [0.5, 0.6) is 0 Å². The van der Waals surface area contributed by atoms with Crippen LogP contribution in [0, 0.1) is 5.92 Å². The maximum atomic E-state index is 11.8. The third-order valence-corrected chi connectivity index (χ3v) is 5.60. The summed E-state index contributed by atoms with van der Waals surface area (Å²) in [5.41, 5.74) is 0.581. The number of halogens is 1. The van der Waals surface area contributed by atoms with Gasteiger partial charge in [-0.25, -0.2) is 8.42 Å².